The SMILES string of the molecule is CCCNc1ncnc(NC2CCCC2CO)c1CC. The third kappa shape index (κ3) is 3.39. The first kappa shape index (κ1) is 15.0. The van der Waals surface area contributed by atoms with Gasteiger partial charge in [0.25, 0.3) is 0 Å². The van der Waals surface area contributed by atoms with Crippen LogP contribution in [0.3, 0.4) is 0 Å². The highest BCUT2D eigenvalue weighted by molar-refractivity contribution is 5.57. The Morgan fingerprint density at radius 1 is 1.25 bits per heavy atom. The number of anilines is 2. The van der Waals surface area contributed by atoms with Crippen molar-refractivity contribution in [3.63, 3.8) is 0 Å². The molecule has 0 spiro atoms. The van der Waals surface area contributed by atoms with E-state index in [9.17, 15) is 5.11 Å². The minimum absolute atomic E-state index is 0.255. The molecule has 1 aliphatic rings. The van der Waals surface area contributed by atoms with Gasteiger partial charge in [-0.05, 0) is 25.7 Å². The molecule has 1 heterocycles. The third-order valence-electron chi connectivity index (χ3n) is 4.06. The van der Waals surface area contributed by atoms with E-state index in [-0.39, 0.29) is 6.61 Å². The summed E-state index contributed by atoms with van der Waals surface area (Å²) >= 11 is 0. The Morgan fingerprint density at radius 3 is 2.75 bits per heavy atom. The predicted molar refractivity (Wildman–Crippen MR) is 82.0 cm³/mol. The molecule has 0 aromatic carbocycles. The molecule has 0 aliphatic heterocycles. The number of nitrogens with one attached hydrogen (secondary N) is 2. The maximum absolute atomic E-state index is 9.43. The number of rotatable bonds is 7. The standard InChI is InChI=1S/C15H26N4O/c1-3-8-16-14-12(4-2)15(18-10-17-14)19-13-7-5-6-11(13)9-20/h10-11,13,20H,3-9H2,1-2H3,(H2,16,17,18,19). The number of nitrogens with zero attached hydrogens (tertiary/aromatic N) is 2. The van der Waals surface area contributed by atoms with Gasteiger partial charge in [0.1, 0.15) is 18.0 Å². The second-order valence-electron chi connectivity index (χ2n) is 5.45. The number of aliphatic hydroxyl groups excluding tert-OH is 1. The molecular formula is C15H26N4O. The minimum atomic E-state index is 0.255. The van der Waals surface area contributed by atoms with Crippen molar-refractivity contribution in [2.75, 3.05) is 23.8 Å². The summed E-state index contributed by atoms with van der Waals surface area (Å²) in [4.78, 5) is 8.76. The van der Waals surface area contributed by atoms with Gasteiger partial charge in [0.15, 0.2) is 0 Å². The van der Waals surface area contributed by atoms with Crippen LogP contribution >= 0.6 is 0 Å². The van der Waals surface area contributed by atoms with Crippen molar-refractivity contribution in [1.82, 2.24) is 9.97 Å². The van der Waals surface area contributed by atoms with Crippen LogP contribution in [-0.4, -0.2) is 34.3 Å². The Hall–Kier alpha value is -1.36. The third-order valence-corrected chi connectivity index (χ3v) is 4.06. The monoisotopic (exact) mass is 278 g/mol. The van der Waals surface area contributed by atoms with Gasteiger partial charge in [-0.1, -0.05) is 20.3 Å². The van der Waals surface area contributed by atoms with E-state index in [0.29, 0.717) is 12.0 Å². The lowest BCUT2D eigenvalue weighted by Gasteiger charge is -2.22. The predicted octanol–water partition coefficient (Wildman–Crippen LogP) is 2.43. The Labute approximate surface area is 121 Å². The van der Waals surface area contributed by atoms with Crippen LogP contribution in [0.5, 0.6) is 0 Å². The van der Waals surface area contributed by atoms with Gasteiger partial charge in [0, 0.05) is 30.7 Å². The molecule has 1 fully saturated rings. The topological polar surface area (TPSA) is 70.1 Å². The first-order valence-corrected chi connectivity index (χ1v) is 7.75. The van der Waals surface area contributed by atoms with E-state index in [1.807, 2.05) is 0 Å². The summed E-state index contributed by atoms with van der Waals surface area (Å²) in [6.45, 7) is 5.44. The molecular weight excluding hydrogens is 252 g/mol. The maximum atomic E-state index is 9.43. The molecule has 1 aliphatic carbocycles. The fourth-order valence-corrected chi connectivity index (χ4v) is 2.89. The van der Waals surface area contributed by atoms with Gasteiger partial charge < -0.3 is 15.7 Å². The van der Waals surface area contributed by atoms with Crippen molar-refractivity contribution >= 4 is 11.6 Å². The molecule has 0 radical (unpaired) electrons. The van der Waals surface area contributed by atoms with E-state index in [2.05, 4.69) is 34.4 Å². The summed E-state index contributed by atoms with van der Waals surface area (Å²) < 4.78 is 0. The van der Waals surface area contributed by atoms with Gasteiger partial charge in [0.2, 0.25) is 0 Å². The molecule has 2 rings (SSSR count). The van der Waals surface area contributed by atoms with Gasteiger partial charge in [-0.25, -0.2) is 9.97 Å². The molecule has 3 N–H and O–H groups in total. The normalized spacial score (nSPS) is 21.9. The maximum Gasteiger partial charge on any atom is 0.134 e. The molecule has 2 atom stereocenters. The number of hydrogen-bond acceptors (Lipinski definition) is 5. The van der Waals surface area contributed by atoms with Gasteiger partial charge in [0.05, 0.1) is 0 Å². The van der Waals surface area contributed by atoms with E-state index >= 15 is 0 Å². The summed E-state index contributed by atoms with van der Waals surface area (Å²) in [5.74, 6) is 2.21. The lowest BCUT2D eigenvalue weighted by atomic mass is 10.0. The lowest BCUT2D eigenvalue weighted by Crippen LogP contribution is -2.27. The van der Waals surface area contributed by atoms with Gasteiger partial charge in [-0.2, -0.15) is 0 Å². The molecule has 20 heavy (non-hydrogen) atoms. The Morgan fingerprint density at radius 2 is 2.05 bits per heavy atom. The van der Waals surface area contributed by atoms with Crippen LogP contribution in [0.25, 0.3) is 0 Å². The van der Waals surface area contributed by atoms with Crippen molar-refractivity contribution in [3.8, 4) is 0 Å². The molecule has 0 saturated heterocycles. The first-order chi connectivity index (χ1) is 9.80. The fraction of sp³-hybridized carbons (Fsp3) is 0.733. The number of aromatic nitrogens is 2. The Kier molecular flexibility index (Phi) is 5.59. The second kappa shape index (κ2) is 7.43. The average molecular weight is 278 g/mol. The smallest absolute Gasteiger partial charge is 0.134 e. The van der Waals surface area contributed by atoms with Crippen molar-refractivity contribution < 1.29 is 5.11 Å². The molecule has 1 aromatic rings. The van der Waals surface area contributed by atoms with E-state index in [1.54, 1.807) is 6.33 Å². The average Bonchev–Trinajstić information content (AvgIpc) is 2.92. The largest absolute Gasteiger partial charge is 0.396 e. The van der Waals surface area contributed by atoms with Gasteiger partial charge in [-0.15, -0.1) is 0 Å². The highest BCUT2D eigenvalue weighted by atomic mass is 16.3. The highest BCUT2D eigenvalue weighted by Gasteiger charge is 2.27. The van der Waals surface area contributed by atoms with Crippen LogP contribution in [-0.2, 0) is 6.42 Å². The molecule has 112 valence electrons. The van der Waals surface area contributed by atoms with Crippen LogP contribution in [0, 0.1) is 5.92 Å². The summed E-state index contributed by atoms with van der Waals surface area (Å²) in [5.41, 5.74) is 1.14. The summed E-state index contributed by atoms with van der Waals surface area (Å²) in [6.07, 6.45) is 6.97. The van der Waals surface area contributed by atoms with Crippen molar-refractivity contribution in [2.24, 2.45) is 5.92 Å². The summed E-state index contributed by atoms with van der Waals surface area (Å²) in [6, 6.07) is 0.333. The highest BCUT2D eigenvalue weighted by Crippen LogP contribution is 2.30. The van der Waals surface area contributed by atoms with Crippen LogP contribution in [0.1, 0.15) is 45.1 Å². The van der Waals surface area contributed by atoms with E-state index in [0.717, 1.165) is 49.4 Å². The van der Waals surface area contributed by atoms with E-state index < -0.39 is 0 Å². The molecule has 5 heteroatoms. The van der Waals surface area contributed by atoms with Crippen molar-refractivity contribution in [2.45, 2.75) is 52.0 Å². The van der Waals surface area contributed by atoms with Crippen LogP contribution in [0.2, 0.25) is 0 Å². The number of hydrogen-bond donors (Lipinski definition) is 3. The zero-order chi connectivity index (χ0) is 14.4. The summed E-state index contributed by atoms with van der Waals surface area (Å²) in [5, 5.41) is 16.3. The fourth-order valence-electron chi connectivity index (χ4n) is 2.89. The second-order valence-corrected chi connectivity index (χ2v) is 5.45. The van der Waals surface area contributed by atoms with Crippen LogP contribution in [0.15, 0.2) is 6.33 Å². The van der Waals surface area contributed by atoms with E-state index in [1.165, 1.54) is 6.42 Å². The molecule has 1 saturated carbocycles. The van der Waals surface area contributed by atoms with Crippen molar-refractivity contribution in [3.05, 3.63) is 11.9 Å². The van der Waals surface area contributed by atoms with Gasteiger partial charge >= 0.3 is 0 Å². The quantitative estimate of drug-likeness (QED) is 0.714. The molecule has 1 aromatic heterocycles. The summed E-state index contributed by atoms with van der Waals surface area (Å²) in [7, 11) is 0. The molecule has 0 bridgehead atoms. The number of aliphatic hydroxyl groups is 1. The molecule has 0 amide bonds. The van der Waals surface area contributed by atoms with E-state index in [4.69, 9.17) is 0 Å². The lowest BCUT2D eigenvalue weighted by molar-refractivity contribution is 0.222. The molecule has 2 unspecified atom stereocenters. The first-order valence-electron chi connectivity index (χ1n) is 7.75. The van der Waals surface area contributed by atoms with Crippen molar-refractivity contribution in [1.29, 1.82) is 0 Å². The Bertz CT molecular complexity index is 424. The van der Waals surface area contributed by atoms with Crippen LogP contribution in [0.4, 0.5) is 11.6 Å². The van der Waals surface area contributed by atoms with Gasteiger partial charge in [-0.3, -0.25) is 0 Å². The van der Waals surface area contributed by atoms with Crippen LogP contribution < -0.4 is 10.6 Å². The minimum Gasteiger partial charge on any atom is -0.396 e. The zero-order valence-electron chi connectivity index (χ0n) is 12.5. The Balaban J connectivity index is 2.14. The zero-order valence-corrected chi connectivity index (χ0v) is 12.5. The molecule has 5 nitrogen and oxygen atoms in total.